The summed E-state index contributed by atoms with van der Waals surface area (Å²) in [5.41, 5.74) is 2.73. The predicted octanol–water partition coefficient (Wildman–Crippen LogP) is 6.43. The molecule has 0 saturated heterocycles. The zero-order valence-electron chi connectivity index (χ0n) is 13.1. The van der Waals surface area contributed by atoms with Crippen LogP contribution in [-0.4, -0.2) is 11.9 Å². The molecule has 1 rings (SSSR count). The van der Waals surface area contributed by atoms with Gasteiger partial charge in [0, 0.05) is 15.2 Å². The summed E-state index contributed by atoms with van der Waals surface area (Å²) in [7, 11) is 0. The summed E-state index contributed by atoms with van der Waals surface area (Å²) >= 11 is 7.31. The Morgan fingerprint density at radius 3 is 1.95 bits per heavy atom. The maximum absolute atomic E-state index is 6.13. The lowest BCUT2D eigenvalue weighted by Gasteiger charge is -2.31. The molecule has 0 saturated carbocycles. The number of ether oxygens (including phenoxy) is 1. The van der Waals surface area contributed by atoms with Crippen LogP contribution in [0.4, 0.5) is 0 Å². The lowest BCUT2D eigenvalue weighted by molar-refractivity contribution is 0.144. The van der Waals surface area contributed by atoms with Crippen LogP contribution >= 0.6 is 31.9 Å². The summed E-state index contributed by atoms with van der Waals surface area (Å²) in [6, 6.07) is 4.24. The molecular formula is C17H26Br2O. The van der Waals surface area contributed by atoms with Crippen LogP contribution in [0.1, 0.15) is 50.7 Å². The Kier molecular flexibility index (Phi) is 7.60. The fraction of sp³-hybridized carbons (Fsp3) is 0.647. The van der Waals surface area contributed by atoms with Crippen molar-refractivity contribution in [2.24, 2.45) is 5.41 Å². The number of hydrogen-bond donors (Lipinski definition) is 0. The van der Waals surface area contributed by atoms with E-state index in [4.69, 9.17) is 4.74 Å². The van der Waals surface area contributed by atoms with Crippen molar-refractivity contribution in [2.75, 3.05) is 11.9 Å². The van der Waals surface area contributed by atoms with Crippen LogP contribution in [-0.2, 0) is 0 Å². The van der Waals surface area contributed by atoms with E-state index in [1.165, 1.54) is 41.3 Å². The quantitative estimate of drug-likeness (QED) is 0.453. The zero-order chi connectivity index (χ0) is 15.2. The van der Waals surface area contributed by atoms with E-state index in [1.807, 2.05) is 0 Å². The van der Waals surface area contributed by atoms with Gasteiger partial charge in [0.05, 0.1) is 6.61 Å². The number of alkyl halides is 1. The molecule has 1 aromatic carbocycles. The second-order valence-electron chi connectivity index (χ2n) is 5.79. The van der Waals surface area contributed by atoms with Crippen molar-refractivity contribution in [3.8, 4) is 5.75 Å². The van der Waals surface area contributed by atoms with Crippen LogP contribution in [0.5, 0.6) is 5.75 Å². The van der Waals surface area contributed by atoms with Crippen molar-refractivity contribution < 1.29 is 4.74 Å². The van der Waals surface area contributed by atoms with E-state index in [0.717, 1.165) is 17.7 Å². The van der Waals surface area contributed by atoms with E-state index in [2.05, 4.69) is 71.7 Å². The zero-order valence-corrected chi connectivity index (χ0v) is 16.2. The van der Waals surface area contributed by atoms with E-state index in [0.29, 0.717) is 0 Å². The van der Waals surface area contributed by atoms with E-state index in [1.54, 1.807) is 0 Å². The average Bonchev–Trinajstić information content (AvgIpc) is 2.42. The van der Waals surface area contributed by atoms with Gasteiger partial charge in [-0.2, -0.15) is 0 Å². The van der Waals surface area contributed by atoms with Crippen molar-refractivity contribution in [3.05, 3.63) is 27.7 Å². The number of halogens is 2. The molecule has 1 nitrogen and oxygen atoms in total. The van der Waals surface area contributed by atoms with Gasteiger partial charge < -0.3 is 4.74 Å². The summed E-state index contributed by atoms with van der Waals surface area (Å²) in [4.78, 5) is 0. The van der Waals surface area contributed by atoms with Crippen LogP contribution in [0.25, 0.3) is 0 Å². The Balaban J connectivity index is 2.81. The predicted molar refractivity (Wildman–Crippen MR) is 95.2 cm³/mol. The Labute approximate surface area is 140 Å². The second kappa shape index (κ2) is 8.43. The van der Waals surface area contributed by atoms with Gasteiger partial charge in [-0.25, -0.2) is 0 Å². The largest absolute Gasteiger partial charge is 0.493 e. The third kappa shape index (κ3) is 4.77. The monoisotopic (exact) mass is 404 g/mol. The van der Waals surface area contributed by atoms with Crippen LogP contribution < -0.4 is 4.74 Å². The van der Waals surface area contributed by atoms with Crippen molar-refractivity contribution in [2.45, 2.75) is 53.4 Å². The highest BCUT2D eigenvalue weighted by molar-refractivity contribution is 9.10. The van der Waals surface area contributed by atoms with Gasteiger partial charge in [0.1, 0.15) is 5.75 Å². The minimum absolute atomic E-state index is 0.262. The van der Waals surface area contributed by atoms with Crippen LogP contribution in [0, 0.1) is 19.3 Å². The number of benzene rings is 1. The summed E-state index contributed by atoms with van der Waals surface area (Å²) in [6.07, 6.45) is 4.82. The number of aryl methyl sites for hydroxylation is 2. The van der Waals surface area contributed by atoms with Crippen molar-refractivity contribution in [3.63, 3.8) is 0 Å². The molecule has 0 bridgehead atoms. The van der Waals surface area contributed by atoms with Crippen LogP contribution in [0.2, 0.25) is 0 Å². The molecule has 0 aliphatic carbocycles. The highest BCUT2D eigenvalue weighted by Gasteiger charge is 2.28. The van der Waals surface area contributed by atoms with E-state index < -0.39 is 0 Å². The lowest BCUT2D eigenvalue weighted by Crippen LogP contribution is -2.30. The molecule has 0 heterocycles. The van der Waals surface area contributed by atoms with E-state index in [-0.39, 0.29) is 5.41 Å². The molecule has 20 heavy (non-hydrogen) atoms. The minimum Gasteiger partial charge on any atom is -0.493 e. The Morgan fingerprint density at radius 2 is 1.55 bits per heavy atom. The Morgan fingerprint density at radius 1 is 1.05 bits per heavy atom. The molecule has 114 valence electrons. The molecule has 0 radical (unpaired) electrons. The van der Waals surface area contributed by atoms with Crippen LogP contribution in [0.3, 0.4) is 0 Å². The highest BCUT2D eigenvalue weighted by atomic mass is 79.9. The molecule has 0 amide bonds. The molecule has 0 spiro atoms. The maximum Gasteiger partial charge on any atom is 0.119 e. The topological polar surface area (TPSA) is 9.23 Å². The second-order valence-corrected chi connectivity index (χ2v) is 7.15. The third-order valence-electron chi connectivity index (χ3n) is 3.80. The summed E-state index contributed by atoms with van der Waals surface area (Å²) in [5.74, 6) is 0.987. The maximum atomic E-state index is 6.13. The molecule has 0 aliphatic rings. The first-order chi connectivity index (χ1) is 9.48. The van der Waals surface area contributed by atoms with Gasteiger partial charge in [-0.3, -0.25) is 0 Å². The van der Waals surface area contributed by atoms with E-state index >= 15 is 0 Å². The molecule has 0 fully saturated rings. The molecule has 0 aromatic heterocycles. The number of rotatable bonds is 8. The first-order valence-corrected chi connectivity index (χ1v) is 9.35. The van der Waals surface area contributed by atoms with Crippen molar-refractivity contribution >= 4 is 31.9 Å². The molecule has 3 heteroatoms. The normalized spacial score (nSPS) is 11.7. The molecule has 0 N–H and O–H groups in total. The first kappa shape index (κ1) is 18.0. The average molecular weight is 406 g/mol. The standard InChI is InChI=1S/C17H26Br2O/c1-5-7-17(11-18,8-6-2)12-20-15-9-13(3)16(19)14(4)10-15/h9-10H,5-8,11-12H2,1-4H3. The Hall–Kier alpha value is -0.0200. The van der Waals surface area contributed by atoms with Gasteiger partial charge in [0.25, 0.3) is 0 Å². The Bertz CT molecular complexity index is 400. The van der Waals surface area contributed by atoms with Gasteiger partial charge >= 0.3 is 0 Å². The van der Waals surface area contributed by atoms with E-state index in [9.17, 15) is 0 Å². The first-order valence-electron chi connectivity index (χ1n) is 7.43. The fourth-order valence-corrected chi connectivity index (χ4v) is 3.68. The van der Waals surface area contributed by atoms with Gasteiger partial charge in [-0.05, 0) is 49.9 Å². The molecular weight excluding hydrogens is 380 g/mol. The van der Waals surface area contributed by atoms with Gasteiger partial charge in [0.15, 0.2) is 0 Å². The minimum atomic E-state index is 0.262. The summed E-state index contributed by atoms with van der Waals surface area (Å²) in [6.45, 7) is 9.52. The lowest BCUT2D eigenvalue weighted by atomic mass is 9.82. The molecule has 0 aliphatic heterocycles. The number of hydrogen-bond acceptors (Lipinski definition) is 1. The van der Waals surface area contributed by atoms with Gasteiger partial charge in [-0.15, -0.1) is 0 Å². The molecule has 0 unspecified atom stereocenters. The van der Waals surface area contributed by atoms with Crippen LogP contribution in [0.15, 0.2) is 16.6 Å². The summed E-state index contributed by atoms with van der Waals surface area (Å²) < 4.78 is 7.31. The SMILES string of the molecule is CCCC(CBr)(CCC)COc1cc(C)c(Br)c(C)c1. The summed E-state index contributed by atoms with van der Waals surface area (Å²) in [5, 5.41) is 1.01. The fourth-order valence-electron chi connectivity index (χ4n) is 2.73. The van der Waals surface area contributed by atoms with Crippen molar-refractivity contribution in [1.82, 2.24) is 0 Å². The van der Waals surface area contributed by atoms with Gasteiger partial charge in [0.2, 0.25) is 0 Å². The third-order valence-corrected chi connectivity index (χ3v) is 6.24. The van der Waals surface area contributed by atoms with Gasteiger partial charge in [-0.1, -0.05) is 58.5 Å². The smallest absolute Gasteiger partial charge is 0.119 e. The molecule has 0 atom stereocenters. The highest BCUT2D eigenvalue weighted by Crippen LogP contribution is 2.34. The molecule has 1 aromatic rings. The van der Waals surface area contributed by atoms with Crippen molar-refractivity contribution in [1.29, 1.82) is 0 Å².